The van der Waals surface area contributed by atoms with E-state index in [4.69, 9.17) is 18.9 Å². The summed E-state index contributed by atoms with van der Waals surface area (Å²) in [6, 6.07) is 27.4. The minimum absolute atomic E-state index is 0.0879. The van der Waals surface area contributed by atoms with Gasteiger partial charge in [-0.05, 0) is 74.0 Å². The topological polar surface area (TPSA) is 170 Å². The third-order valence-electron chi connectivity index (χ3n) is 8.35. The van der Waals surface area contributed by atoms with E-state index in [2.05, 4.69) is 21.3 Å². The van der Waals surface area contributed by atoms with Crippen LogP contribution < -0.4 is 35.5 Å². The van der Waals surface area contributed by atoms with Gasteiger partial charge in [0, 0.05) is 33.5 Å². The summed E-state index contributed by atoms with van der Waals surface area (Å²) in [7, 11) is 5.65. The molecule has 0 bridgehead atoms. The Balaban J connectivity index is 1.35. The summed E-state index contributed by atoms with van der Waals surface area (Å²) in [4.78, 5) is 67.5. The molecule has 1 unspecified atom stereocenters. The van der Waals surface area contributed by atoms with Crippen LogP contribution in [0.15, 0.2) is 108 Å². The number of esters is 1. The molecule has 294 valence electrons. The molecule has 4 amide bonds. The van der Waals surface area contributed by atoms with Gasteiger partial charge < -0.3 is 40.2 Å². The van der Waals surface area contributed by atoms with Gasteiger partial charge >= 0.3 is 5.97 Å². The summed E-state index contributed by atoms with van der Waals surface area (Å²) < 4.78 is 21.4. The fourth-order valence-corrected chi connectivity index (χ4v) is 7.48. The first-order valence-electron chi connectivity index (χ1n) is 17.3. The number of carbonyl (C=O) groups excluding carboxylic acids is 5. The SMILES string of the molecule is COC(=O)c1c(NC(=O)C(C)Sc2cccc(NC(=O)/C(=C\c3cc(OC)c(OC)cc3OC)NC(=O)c3ccccc3)c2)sc(C(=O)Nc2ccccc2)c1C. The smallest absolute Gasteiger partial charge is 0.341 e. The maximum Gasteiger partial charge on any atom is 0.341 e. The molecule has 5 rings (SSSR count). The highest BCUT2D eigenvalue weighted by Gasteiger charge is 2.28. The second-order valence-electron chi connectivity index (χ2n) is 12.1. The summed E-state index contributed by atoms with van der Waals surface area (Å²) in [5, 5.41) is 10.6. The minimum Gasteiger partial charge on any atom is -0.496 e. The maximum absolute atomic E-state index is 13.9. The zero-order valence-electron chi connectivity index (χ0n) is 31.9. The fraction of sp³-hybridized carbons (Fsp3) is 0.167. The molecular weight excluding hydrogens is 769 g/mol. The monoisotopic (exact) mass is 808 g/mol. The largest absolute Gasteiger partial charge is 0.496 e. The molecule has 0 saturated heterocycles. The molecule has 1 atom stereocenters. The van der Waals surface area contributed by atoms with Crippen LogP contribution in [0.2, 0.25) is 0 Å². The van der Waals surface area contributed by atoms with E-state index >= 15 is 0 Å². The molecular formula is C42H40N4O9S2. The number of ether oxygens (including phenoxy) is 4. The van der Waals surface area contributed by atoms with Crippen LogP contribution in [0.25, 0.3) is 6.08 Å². The third kappa shape index (κ3) is 10.4. The molecule has 57 heavy (non-hydrogen) atoms. The predicted octanol–water partition coefficient (Wildman–Crippen LogP) is 7.65. The van der Waals surface area contributed by atoms with Crippen molar-refractivity contribution < 1.29 is 42.9 Å². The van der Waals surface area contributed by atoms with Gasteiger partial charge in [0.15, 0.2) is 11.5 Å². The van der Waals surface area contributed by atoms with Crippen LogP contribution in [0.1, 0.15) is 48.4 Å². The van der Waals surface area contributed by atoms with Crippen molar-refractivity contribution in [2.24, 2.45) is 0 Å². The van der Waals surface area contributed by atoms with Crippen molar-refractivity contribution >= 4 is 75.1 Å². The summed E-state index contributed by atoms with van der Waals surface area (Å²) in [5.41, 5.74) is 2.09. The highest BCUT2D eigenvalue weighted by molar-refractivity contribution is 8.00. The molecule has 1 aromatic heterocycles. The Hall–Kier alpha value is -6.58. The third-order valence-corrected chi connectivity index (χ3v) is 10.6. The van der Waals surface area contributed by atoms with Crippen LogP contribution in [0, 0.1) is 6.92 Å². The normalized spacial score (nSPS) is 11.4. The number of carbonyl (C=O) groups is 5. The number of nitrogens with one attached hydrogen (secondary N) is 4. The van der Waals surface area contributed by atoms with Gasteiger partial charge in [0.05, 0.1) is 44.1 Å². The van der Waals surface area contributed by atoms with Crippen molar-refractivity contribution in [3.63, 3.8) is 0 Å². The van der Waals surface area contributed by atoms with Crippen molar-refractivity contribution in [2.75, 3.05) is 44.4 Å². The number of methoxy groups -OCH3 is 4. The number of hydrogen-bond acceptors (Lipinski definition) is 11. The van der Waals surface area contributed by atoms with Crippen molar-refractivity contribution in [1.29, 1.82) is 0 Å². The van der Waals surface area contributed by atoms with E-state index in [1.54, 1.807) is 105 Å². The molecule has 5 aromatic rings. The van der Waals surface area contributed by atoms with E-state index in [9.17, 15) is 24.0 Å². The predicted molar refractivity (Wildman–Crippen MR) is 222 cm³/mol. The number of anilines is 3. The van der Waals surface area contributed by atoms with Crippen LogP contribution in [-0.4, -0.2) is 63.3 Å². The lowest BCUT2D eigenvalue weighted by atomic mass is 10.1. The van der Waals surface area contributed by atoms with Gasteiger partial charge in [0.2, 0.25) is 5.91 Å². The van der Waals surface area contributed by atoms with Crippen LogP contribution in [0.5, 0.6) is 17.2 Å². The number of thioether (sulfide) groups is 1. The number of amides is 4. The molecule has 0 fully saturated rings. The average molecular weight is 809 g/mol. The fourth-order valence-electron chi connectivity index (χ4n) is 5.46. The highest BCUT2D eigenvalue weighted by Crippen LogP contribution is 2.37. The molecule has 15 heteroatoms. The Kier molecular flexibility index (Phi) is 14.1. The summed E-state index contributed by atoms with van der Waals surface area (Å²) in [6.45, 7) is 3.30. The summed E-state index contributed by atoms with van der Waals surface area (Å²) >= 11 is 2.17. The zero-order chi connectivity index (χ0) is 41.1. The Bertz CT molecular complexity index is 2310. The second-order valence-corrected chi connectivity index (χ2v) is 14.6. The molecule has 0 aliphatic carbocycles. The standard InChI is InChI=1S/C42H40N4O9S2/c1-24-35(42(51)55-6)41(57-36(24)40(50)43-28-16-11-8-12-17-28)46-37(47)25(2)56-30-19-13-18-29(22-30)44-39(49)31(45-38(48)26-14-9-7-10-15-26)20-27-21-33(53-4)34(54-5)23-32(27)52-3/h7-23,25H,1-6H3,(H,43,50)(H,44,49)(H,45,48)(H,46,47)/b31-20+. The van der Waals surface area contributed by atoms with Gasteiger partial charge in [0.1, 0.15) is 16.4 Å². The molecule has 13 nitrogen and oxygen atoms in total. The van der Waals surface area contributed by atoms with Gasteiger partial charge in [-0.2, -0.15) is 0 Å². The Morgan fingerprint density at radius 3 is 1.98 bits per heavy atom. The van der Waals surface area contributed by atoms with Gasteiger partial charge in [-0.1, -0.05) is 42.5 Å². The van der Waals surface area contributed by atoms with Crippen molar-refractivity contribution in [3.8, 4) is 17.2 Å². The molecule has 0 aliphatic heterocycles. The maximum atomic E-state index is 13.9. The first-order chi connectivity index (χ1) is 27.5. The number of para-hydroxylation sites is 1. The van der Waals surface area contributed by atoms with Crippen LogP contribution >= 0.6 is 23.1 Å². The molecule has 0 spiro atoms. The molecule has 0 saturated carbocycles. The van der Waals surface area contributed by atoms with Crippen LogP contribution in [-0.2, 0) is 14.3 Å². The first-order valence-corrected chi connectivity index (χ1v) is 19.0. The Morgan fingerprint density at radius 2 is 1.33 bits per heavy atom. The Labute approximate surface area is 337 Å². The lowest BCUT2D eigenvalue weighted by Gasteiger charge is -2.15. The van der Waals surface area contributed by atoms with E-state index in [0.717, 1.165) is 11.3 Å². The van der Waals surface area contributed by atoms with Gasteiger partial charge in [-0.3, -0.25) is 19.2 Å². The molecule has 0 radical (unpaired) electrons. The zero-order valence-corrected chi connectivity index (χ0v) is 33.5. The Morgan fingerprint density at radius 1 is 0.702 bits per heavy atom. The average Bonchev–Trinajstić information content (AvgIpc) is 3.55. The van der Waals surface area contributed by atoms with E-state index in [1.807, 2.05) is 6.07 Å². The number of hydrogen-bond donors (Lipinski definition) is 4. The minimum atomic E-state index is -0.695. The van der Waals surface area contributed by atoms with Crippen molar-refractivity contribution in [2.45, 2.75) is 24.0 Å². The number of thiophene rings is 1. The molecule has 0 aliphatic rings. The second kappa shape index (κ2) is 19.3. The first kappa shape index (κ1) is 41.6. The highest BCUT2D eigenvalue weighted by atomic mass is 32.2. The molecule has 4 N–H and O–H groups in total. The number of rotatable bonds is 15. The lowest BCUT2D eigenvalue weighted by Crippen LogP contribution is -2.30. The van der Waals surface area contributed by atoms with E-state index in [1.165, 1.54) is 46.3 Å². The molecule has 1 heterocycles. The van der Waals surface area contributed by atoms with Crippen LogP contribution in [0.3, 0.4) is 0 Å². The van der Waals surface area contributed by atoms with Crippen molar-refractivity contribution in [3.05, 3.63) is 130 Å². The van der Waals surface area contributed by atoms with Gasteiger partial charge in [-0.15, -0.1) is 23.1 Å². The quantitative estimate of drug-likeness (QED) is 0.0468. The lowest BCUT2D eigenvalue weighted by molar-refractivity contribution is -0.115. The van der Waals surface area contributed by atoms with Crippen molar-refractivity contribution in [1.82, 2.24) is 5.32 Å². The van der Waals surface area contributed by atoms with E-state index in [-0.39, 0.29) is 21.1 Å². The van der Waals surface area contributed by atoms with Gasteiger partial charge in [0.25, 0.3) is 17.7 Å². The van der Waals surface area contributed by atoms with Gasteiger partial charge in [-0.25, -0.2) is 4.79 Å². The van der Waals surface area contributed by atoms with Crippen LogP contribution in [0.4, 0.5) is 16.4 Å². The number of benzene rings is 4. The van der Waals surface area contributed by atoms with E-state index in [0.29, 0.717) is 50.2 Å². The molecule has 4 aromatic carbocycles. The summed E-state index contributed by atoms with van der Waals surface area (Å²) in [6.07, 6.45) is 1.47. The summed E-state index contributed by atoms with van der Waals surface area (Å²) in [5.74, 6) is -1.56. The van der Waals surface area contributed by atoms with E-state index < -0.39 is 34.8 Å².